The SMILES string of the molecule is COc1ccc(-c2noc([C@@H]3CCCN3C(=O)c3sc(C)nc3C)n2)cc1. The highest BCUT2D eigenvalue weighted by molar-refractivity contribution is 7.13. The molecule has 3 heterocycles. The summed E-state index contributed by atoms with van der Waals surface area (Å²) in [4.78, 5) is 24.4. The Labute approximate surface area is 161 Å². The van der Waals surface area contributed by atoms with Crippen LogP contribution in [-0.2, 0) is 0 Å². The molecule has 1 amide bonds. The Morgan fingerprint density at radius 3 is 2.70 bits per heavy atom. The lowest BCUT2D eigenvalue weighted by atomic mass is 10.2. The number of methoxy groups -OCH3 is 1. The molecule has 8 heteroatoms. The Bertz CT molecular complexity index is 964. The number of aromatic nitrogens is 3. The third-order valence-corrected chi connectivity index (χ3v) is 5.75. The minimum absolute atomic E-state index is 0.00945. The Morgan fingerprint density at radius 1 is 1.26 bits per heavy atom. The molecule has 1 atom stereocenters. The van der Waals surface area contributed by atoms with Crippen LogP contribution < -0.4 is 4.74 Å². The predicted octanol–water partition coefficient (Wildman–Crippen LogP) is 3.80. The summed E-state index contributed by atoms with van der Waals surface area (Å²) in [7, 11) is 1.62. The number of aryl methyl sites for hydroxylation is 2. The van der Waals surface area contributed by atoms with Crippen molar-refractivity contribution in [1.29, 1.82) is 0 Å². The number of ether oxygens (including phenoxy) is 1. The van der Waals surface area contributed by atoms with E-state index in [2.05, 4.69) is 15.1 Å². The van der Waals surface area contributed by atoms with E-state index in [1.807, 2.05) is 43.0 Å². The summed E-state index contributed by atoms with van der Waals surface area (Å²) in [6, 6.07) is 7.28. The molecule has 0 radical (unpaired) electrons. The fourth-order valence-electron chi connectivity index (χ4n) is 3.35. The number of hydrogen-bond acceptors (Lipinski definition) is 7. The topological polar surface area (TPSA) is 81.4 Å². The van der Waals surface area contributed by atoms with Crippen LogP contribution in [0.3, 0.4) is 0 Å². The van der Waals surface area contributed by atoms with Gasteiger partial charge in [0.1, 0.15) is 16.7 Å². The zero-order valence-corrected chi connectivity index (χ0v) is 16.2. The van der Waals surface area contributed by atoms with Gasteiger partial charge in [-0.25, -0.2) is 4.98 Å². The van der Waals surface area contributed by atoms with E-state index in [0.29, 0.717) is 23.1 Å². The molecular weight excluding hydrogens is 364 g/mol. The minimum atomic E-state index is -0.196. The molecule has 3 aromatic rings. The normalized spacial score (nSPS) is 16.7. The Morgan fingerprint density at radius 2 is 2.04 bits per heavy atom. The standard InChI is InChI=1S/C19H20N4O3S/c1-11-16(27-12(2)20-11)19(24)23-10-4-5-15(23)18-21-17(22-26-18)13-6-8-14(25-3)9-7-13/h6-9,15H,4-5,10H2,1-3H3/t15-/m0/s1. The number of carbonyl (C=O) groups is 1. The lowest BCUT2D eigenvalue weighted by Gasteiger charge is -2.21. The maximum Gasteiger partial charge on any atom is 0.266 e. The van der Waals surface area contributed by atoms with E-state index in [9.17, 15) is 4.79 Å². The summed E-state index contributed by atoms with van der Waals surface area (Å²) in [6.07, 6.45) is 1.72. The van der Waals surface area contributed by atoms with Crippen molar-refractivity contribution in [3.05, 3.63) is 45.7 Å². The predicted molar refractivity (Wildman–Crippen MR) is 101 cm³/mol. The number of thiazole rings is 1. The van der Waals surface area contributed by atoms with Crippen molar-refractivity contribution in [2.24, 2.45) is 0 Å². The quantitative estimate of drug-likeness (QED) is 0.681. The molecule has 0 bridgehead atoms. The van der Waals surface area contributed by atoms with Crippen molar-refractivity contribution in [1.82, 2.24) is 20.0 Å². The number of likely N-dealkylation sites (tertiary alicyclic amines) is 1. The van der Waals surface area contributed by atoms with E-state index in [4.69, 9.17) is 9.26 Å². The average molecular weight is 384 g/mol. The largest absolute Gasteiger partial charge is 0.497 e. The number of carbonyl (C=O) groups excluding carboxylic acids is 1. The van der Waals surface area contributed by atoms with Crippen molar-refractivity contribution in [3.63, 3.8) is 0 Å². The molecule has 0 spiro atoms. The summed E-state index contributed by atoms with van der Waals surface area (Å²) >= 11 is 1.43. The number of benzene rings is 1. The van der Waals surface area contributed by atoms with E-state index in [-0.39, 0.29) is 11.9 Å². The van der Waals surface area contributed by atoms with Crippen LogP contribution in [-0.4, -0.2) is 39.6 Å². The maximum absolute atomic E-state index is 13.0. The number of rotatable bonds is 4. The molecule has 1 aliphatic heterocycles. The van der Waals surface area contributed by atoms with E-state index in [0.717, 1.165) is 34.9 Å². The molecule has 1 aliphatic rings. The van der Waals surface area contributed by atoms with Crippen LogP contribution in [0.15, 0.2) is 28.8 Å². The lowest BCUT2D eigenvalue weighted by molar-refractivity contribution is 0.0714. The highest BCUT2D eigenvalue weighted by Crippen LogP contribution is 2.34. The van der Waals surface area contributed by atoms with E-state index in [1.54, 1.807) is 7.11 Å². The van der Waals surface area contributed by atoms with Gasteiger partial charge in [-0.3, -0.25) is 4.79 Å². The number of amides is 1. The van der Waals surface area contributed by atoms with Crippen molar-refractivity contribution in [3.8, 4) is 17.1 Å². The van der Waals surface area contributed by atoms with Gasteiger partial charge < -0.3 is 14.2 Å². The first-order valence-electron chi connectivity index (χ1n) is 8.80. The molecular formula is C19H20N4O3S. The van der Waals surface area contributed by atoms with Gasteiger partial charge in [-0.15, -0.1) is 11.3 Å². The fourth-order valence-corrected chi connectivity index (χ4v) is 4.23. The molecule has 0 unspecified atom stereocenters. The highest BCUT2D eigenvalue weighted by atomic mass is 32.1. The maximum atomic E-state index is 13.0. The van der Waals surface area contributed by atoms with Crippen molar-refractivity contribution < 1.29 is 14.1 Å². The molecule has 140 valence electrons. The second-order valence-electron chi connectivity index (χ2n) is 6.49. The van der Waals surface area contributed by atoms with Gasteiger partial charge in [0.05, 0.1) is 17.8 Å². The third-order valence-electron chi connectivity index (χ3n) is 4.69. The van der Waals surface area contributed by atoms with Gasteiger partial charge in [-0.05, 0) is 51.0 Å². The second kappa shape index (κ2) is 7.11. The van der Waals surface area contributed by atoms with Gasteiger partial charge in [0.25, 0.3) is 5.91 Å². The summed E-state index contributed by atoms with van der Waals surface area (Å²) in [5.41, 5.74) is 1.62. The van der Waals surface area contributed by atoms with E-state index >= 15 is 0 Å². The molecule has 1 aromatic carbocycles. The lowest BCUT2D eigenvalue weighted by Crippen LogP contribution is -2.30. The summed E-state index contributed by atoms with van der Waals surface area (Å²) in [6.45, 7) is 4.46. The molecule has 1 fully saturated rings. The molecule has 0 saturated carbocycles. The molecule has 7 nitrogen and oxygen atoms in total. The molecule has 27 heavy (non-hydrogen) atoms. The van der Waals surface area contributed by atoms with E-state index < -0.39 is 0 Å². The van der Waals surface area contributed by atoms with Gasteiger partial charge in [0, 0.05) is 12.1 Å². The molecule has 4 rings (SSSR count). The molecule has 1 saturated heterocycles. The Balaban J connectivity index is 1.58. The van der Waals surface area contributed by atoms with Crippen LogP contribution in [0.25, 0.3) is 11.4 Å². The van der Waals surface area contributed by atoms with E-state index in [1.165, 1.54) is 11.3 Å². The van der Waals surface area contributed by atoms with Crippen molar-refractivity contribution in [2.75, 3.05) is 13.7 Å². The first-order valence-corrected chi connectivity index (χ1v) is 9.61. The van der Waals surface area contributed by atoms with Crippen LogP contribution in [0.5, 0.6) is 5.75 Å². The number of hydrogen-bond donors (Lipinski definition) is 0. The molecule has 0 N–H and O–H groups in total. The van der Waals surface area contributed by atoms with Gasteiger partial charge >= 0.3 is 0 Å². The average Bonchev–Trinajstić information content (AvgIpc) is 3.40. The summed E-state index contributed by atoms with van der Waals surface area (Å²) in [5, 5.41) is 4.99. The smallest absolute Gasteiger partial charge is 0.266 e. The Kier molecular flexibility index (Phi) is 4.65. The molecule has 2 aromatic heterocycles. The van der Waals surface area contributed by atoms with Crippen LogP contribution in [0.1, 0.15) is 45.1 Å². The second-order valence-corrected chi connectivity index (χ2v) is 7.69. The van der Waals surface area contributed by atoms with Crippen molar-refractivity contribution in [2.45, 2.75) is 32.7 Å². The van der Waals surface area contributed by atoms with Crippen molar-refractivity contribution >= 4 is 17.2 Å². The van der Waals surface area contributed by atoms with Gasteiger partial charge in [0.15, 0.2) is 0 Å². The Hall–Kier alpha value is -2.74. The summed E-state index contributed by atoms with van der Waals surface area (Å²) in [5.74, 6) is 1.75. The van der Waals surface area contributed by atoms with Crippen LogP contribution in [0.2, 0.25) is 0 Å². The first kappa shape index (κ1) is 17.7. The van der Waals surface area contributed by atoms with Crippen LogP contribution in [0, 0.1) is 13.8 Å². The van der Waals surface area contributed by atoms with Gasteiger partial charge in [0.2, 0.25) is 11.7 Å². The van der Waals surface area contributed by atoms with Crippen LogP contribution in [0.4, 0.5) is 0 Å². The van der Waals surface area contributed by atoms with Gasteiger partial charge in [-0.2, -0.15) is 4.98 Å². The zero-order chi connectivity index (χ0) is 19.0. The first-order chi connectivity index (χ1) is 13.1. The zero-order valence-electron chi connectivity index (χ0n) is 15.4. The third kappa shape index (κ3) is 3.32. The monoisotopic (exact) mass is 384 g/mol. The fraction of sp³-hybridized carbons (Fsp3) is 0.368. The summed E-state index contributed by atoms with van der Waals surface area (Å²) < 4.78 is 10.7. The highest BCUT2D eigenvalue weighted by Gasteiger charge is 2.36. The molecule has 0 aliphatic carbocycles. The number of nitrogens with zero attached hydrogens (tertiary/aromatic N) is 4. The van der Waals surface area contributed by atoms with Crippen LogP contribution >= 0.6 is 11.3 Å². The minimum Gasteiger partial charge on any atom is -0.497 e. The van der Waals surface area contributed by atoms with Gasteiger partial charge in [-0.1, -0.05) is 5.16 Å².